The summed E-state index contributed by atoms with van der Waals surface area (Å²) in [4.78, 5) is 24.3. The largest absolute Gasteiger partial charge is 0.489 e. The molecule has 41 heavy (non-hydrogen) atoms. The molecule has 0 atom stereocenters. The van der Waals surface area contributed by atoms with Crippen LogP contribution in [-0.2, 0) is 0 Å². The summed E-state index contributed by atoms with van der Waals surface area (Å²) in [7, 11) is 0. The van der Waals surface area contributed by atoms with Crippen molar-refractivity contribution in [3.05, 3.63) is 71.4 Å². The van der Waals surface area contributed by atoms with Gasteiger partial charge in [0.05, 0.1) is 29.1 Å². The average Bonchev–Trinajstić information content (AvgIpc) is 3.34. The van der Waals surface area contributed by atoms with E-state index in [4.69, 9.17) is 9.72 Å². The molecule has 5 heterocycles. The van der Waals surface area contributed by atoms with Crippen LogP contribution >= 0.6 is 0 Å². The molecule has 10 heteroatoms. The number of aromatic nitrogens is 4. The number of carbonyl (C=O) groups is 1. The molecule has 212 valence electrons. The smallest absolute Gasteiger partial charge is 0.251 e. The van der Waals surface area contributed by atoms with Gasteiger partial charge in [0.15, 0.2) is 0 Å². The first-order valence-corrected chi connectivity index (χ1v) is 13.7. The number of carbonyl (C=O) groups excluding carboxylic acids is 1. The van der Waals surface area contributed by atoms with Crippen LogP contribution in [0, 0.1) is 25.2 Å². The number of nitrogens with one attached hydrogen (secondary N) is 1. The van der Waals surface area contributed by atoms with Crippen LogP contribution in [0.5, 0.6) is 5.75 Å². The fourth-order valence-corrected chi connectivity index (χ4v) is 5.14. The predicted octanol–water partition coefficient (Wildman–Crippen LogP) is 4.22. The van der Waals surface area contributed by atoms with Crippen LogP contribution < -0.4 is 15.0 Å². The lowest BCUT2D eigenvalue weighted by atomic mass is 9.89. The zero-order valence-corrected chi connectivity index (χ0v) is 24.1. The molecule has 1 aliphatic rings. The highest BCUT2D eigenvalue weighted by Crippen LogP contribution is 2.32. The molecule has 4 aromatic rings. The molecule has 4 aromatic heterocycles. The van der Waals surface area contributed by atoms with Gasteiger partial charge in [-0.05, 0) is 77.8 Å². The monoisotopic (exact) mass is 553 g/mol. The molecule has 10 nitrogen and oxygen atoms in total. The first-order valence-electron chi connectivity index (χ1n) is 13.7. The van der Waals surface area contributed by atoms with Crippen molar-refractivity contribution in [2.45, 2.75) is 58.6 Å². The number of pyridine rings is 3. The van der Waals surface area contributed by atoms with Gasteiger partial charge in [0.25, 0.3) is 5.91 Å². The topological polar surface area (TPSA) is 129 Å². The Bertz CT molecular complexity index is 1600. The van der Waals surface area contributed by atoms with E-state index in [1.165, 1.54) is 6.20 Å². The van der Waals surface area contributed by atoms with Crippen LogP contribution in [0.4, 0.5) is 5.82 Å². The Morgan fingerprint density at radius 3 is 2.49 bits per heavy atom. The summed E-state index contributed by atoms with van der Waals surface area (Å²) in [6.07, 6.45) is 6.60. The van der Waals surface area contributed by atoms with Crippen molar-refractivity contribution < 1.29 is 14.6 Å². The number of nitriles is 1. The highest BCUT2D eigenvalue weighted by atomic mass is 16.5. The molecule has 0 radical (unpaired) electrons. The summed E-state index contributed by atoms with van der Waals surface area (Å²) in [6, 6.07) is 11.7. The fourth-order valence-electron chi connectivity index (χ4n) is 5.14. The molecule has 0 aromatic carbocycles. The van der Waals surface area contributed by atoms with Crippen LogP contribution in [0.2, 0.25) is 0 Å². The lowest BCUT2D eigenvalue weighted by Gasteiger charge is -2.40. The lowest BCUT2D eigenvalue weighted by molar-refractivity contribution is 0.0283. The van der Waals surface area contributed by atoms with Crippen molar-refractivity contribution in [3.8, 4) is 22.9 Å². The van der Waals surface area contributed by atoms with Crippen molar-refractivity contribution in [1.29, 1.82) is 5.26 Å². The summed E-state index contributed by atoms with van der Waals surface area (Å²) < 4.78 is 7.45. The zero-order chi connectivity index (χ0) is 29.4. The summed E-state index contributed by atoms with van der Waals surface area (Å²) in [5, 5.41) is 27.3. The Morgan fingerprint density at radius 1 is 1.17 bits per heavy atom. The molecule has 0 bridgehead atoms. The summed E-state index contributed by atoms with van der Waals surface area (Å²) in [5.74, 6) is 1.30. The number of hydrogen-bond donors (Lipinski definition) is 2. The van der Waals surface area contributed by atoms with E-state index in [0.717, 1.165) is 54.3 Å². The summed E-state index contributed by atoms with van der Waals surface area (Å²) in [5.41, 5.74) is 3.69. The first kappa shape index (κ1) is 28.1. The van der Waals surface area contributed by atoms with Crippen LogP contribution in [0.3, 0.4) is 0 Å². The predicted molar refractivity (Wildman–Crippen MR) is 156 cm³/mol. The van der Waals surface area contributed by atoms with E-state index in [9.17, 15) is 15.2 Å². The van der Waals surface area contributed by atoms with Crippen molar-refractivity contribution in [1.82, 2.24) is 24.9 Å². The van der Waals surface area contributed by atoms with Gasteiger partial charge < -0.3 is 20.1 Å². The third-order valence-electron chi connectivity index (χ3n) is 7.31. The number of hydrogen-bond acceptors (Lipinski definition) is 8. The first-order chi connectivity index (χ1) is 19.4. The van der Waals surface area contributed by atoms with Gasteiger partial charge in [-0.2, -0.15) is 10.4 Å². The summed E-state index contributed by atoms with van der Waals surface area (Å²) >= 11 is 0. The minimum atomic E-state index is -0.995. The molecular weight excluding hydrogens is 518 g/mol. The third kappa shape index (κ3) is 6.31. The van der Waals surface area contributed by atoms with Gasteiger partial charge >= 0.3 is 0 Å². The molecule has 0 saturated carbocycles. The van der Waals surface area contributed by atoms with Gasteiger partial charge in [0, 0.05) is 52.9 Å². The maximum Gasteiger partial charge on any atom is 0.251 e. The van der Waals surface area contributed by atoms with Crippen molar-refractivity contribution in [2.24, 2.45) is 0 Å². The quantitative estimate of drug-likeness (QED) is 0.348. The second-order valence-corrected chi connectivity index (χ2v) is 11.7. The van der Waals surface area contributed by atoms with E-state index in [1.807, 2.05) is 44.2 Å². The van der Waals surface area contributed by atoms with Crippen molar-refractivity contribution in [2.75, 3.05) is 24.6 Å². The minimum Gasteiger partial charge on any atom is -0.489 e. The third-order valence-corrected chi connectivity index (χ3v) is 7.31. The number of fused-ring (bicyclic) bond motifs is 1. The molecule has 0 unspecified atom stereocenters. The van der Waals surface area contributed by atoms with E-state index in [1.54, 1.807) is 30.8 Å². The minimum absolute atomic E-state index is 0.0753. The molecule has 2 N–H and O–H groups in total. The normalized spacial score (nSPS) is 15.0. The zero-order valence-electron chi connectivity index (χ0n) is 24.1. The number of anilines is 1. The van der Waals surface area contributed by atoms with E-state index in [0.29, 0.717) is 22.4 Å². The van der Waals surface area contributed by atoms with Gasteiger partial charge in [-0.3, -0.25) is 9.78 Å². The molecule has 5 rings (SSSR count). The Hall–Kier alpha value is -4.49. The number of ether oxygens (including phenoxy) is 1. The summed E-state index contributed by atoms with van der Waals surface area (Å²) in [6.45, 7) is 10.9. The van der Waals surface area contributed by atoms with Gasteiger partial charge in [-0.25, -0.2) is 9.50 Å². The maximum atomic E-state index is 13.0. The van der Waals surface area contributed by atoms with Gasteiger partial charge in [-0.15, -0.1) is 0 Å². The lowest BCUT2D eigenvalue weighted by Crippen LogP contribution is -2.53. The Labute approximate surface area is 239 Å². The number of piperidine rings is 1. The Morgan fingerprint density at radius 2 is 1.88 bits per heavy atom. The van der Waals surface area contributed by atoms with Crippen LogP contribution in [0.1, 0.15) is 60.9 Å². The number of nitrogens with zero attached hydrogens (tertiary/aromatic N) is 6. The van der Waals surface area contributed by atoms with Crippen LogP contribution in [0.25, 0.3) is 16.6 Å². The second kappa shape index (κ2) is 10.8. The van der Waals surface area contributed by atoms with Crippen molar-refractivity contribution >= 4 is 17.2 Å². The second-order valence-electron chi connectivity index (χ2n) is 11.7. The molecule has 1 aliphatic heterocycles. The highest BCUT2D eigenvalue weighted by molar-refractivity contribution is 5.95. The molecule has 1 saturated heterocycles. The van der Waals surface area contributed by atoms with Gasteiger partial charge in [-0.1, -0.05) is 0 Å². The van der Waals surface area contributed by atoms with E-state index in [-0.39, 0.29) is 18.1 Å². The maximum absolute atomic E-state index is 13.0. The van der Waals surface area contributed by atoms with Gasteiger partial charge in [0.1, 0.15) is 24.2 Å². The SMILES string of the molecule is Cc1cc(C(=O)NC2(C)CCN(c3ccc(-c4cc(OCC(C)(C)O)cn5ncc(C#N)c45)cn3)CC2)cc(C)n1. The Kier molecular flexibility index (Phi) is 7.41. The van der Waals surface area contributed by atoms with Crippen LogP contribution in [-0.4, -0.2) is 61.4 Å². The average molecular weight is 554 g/mol. The fraction of sp³-hybridized carbons (Fsp3) is 0.387. The molecular formula is C31H35N7O3. The molecule has 1 fully saturated rings. The molecule has 0 aliphatic carbocycles. The number of rotatable bonds is 7. The van der Waals surface area contributed by atoms with E-state index < -0.39 is 5.60 Å². The molecule has 0 spiro atoms. The van der Waals surface area contributed by atoms with E-state index >= 15 is 0 Å². The standard InChI is InChI=1S/C31H35N7O3/c1-20-12-23(13-21(2)35-20)29(39)36-31(5)8-10-37(11-9-31)27-7-6-22(16-33-27)26-14-25(41-19-30(3,4)40)18-38-28(26)24(15-32)17-34-38/h6-7,12-14,16-18,40H,8-11,19H2,1-5H3,(H,36,39). The Balaban J connectivity index is 1.31. The number of amides is 1. The van der Waals surface area contributed by atoms with Gasteiger partial charge in [0.2, 0.25) is 0 Å². The van der Waals surface area contributed by atoms with E-state index in [2.05, 4.69) is 33.3 Å². The number of aliphatic hydroxyl groups is 1. The van der Waals surface area contributed by atoms with Crippen LogP contribution in [0.15, 0.2) is 48.9 Å². The number of aryl methyl sites for hydroxylation is 2. The highest BCUT2D eigenvalue weighted by Gasteiger charge is 2.32. The molecule has 1 amide bonds. The van der Waals surface area contributed by atoms with Crippen molar-refractivity contribution in [3.63, 3.8) is 0 Å².